The minimum Gasteiger partial charge on any atom is -0.427 e. The van der Waals surface area contributed by atoms with Crippen LogP contribution in [0.5, 0.6) is 11.5 Å². The number of esters is 2. The van der Waals surface area contributed by atoms with Crippen molar-refractivity contribution in [2.24, 2.45) is 4.99 Å². The number of thioether (sulfide) groups is 1. The van der Waals surface area contributed by atoms with E-state index >= 15 is 0 Å². The van der Waals surface area contributed by atoms with Crippen molar-refractivity contribution in [1.82, 2.24) is 0 Å². The molecule has 0 fully saturated rings. The molecule has 0 aromatic heterocycles. The maximum absolute atomic E-state index is 12.5. The van der Waals surface area contributed by atoms with Crippen LogP contribution in [0.3, 0.4) is 0 Å². The lowest BCUT2D eigenvalue weighted by molar-refractivity contribution is -0.132. The van der Waals surface area contributed by atoms with Crippen LogP contribution in [0, 0.1) is 0 Å². The number of ether oxygens (including phenoxy) is 2. The fraction of sp³-hybridized carbons (Fsp3) is 0.136. The second-order valence-corrected chi connectivity index (χ2v) is 7.39. The van der Waals surface area contributed by atoms with Crippen molar-refractivity contribution in [3.8, 4) is 11.5 Å². The second-order valence-electron chi connectivity index (χ2n) is 6.38. The Balaban J connectivity index is 1.87. The molecule has 31 heavy (non-hydrogen) atoms. The fourth-order valence-electron chi connectivity index (χ4n) is 2.74. The molecule has 9 heteroatoms. The first-order valence-corrected chi connectivity index (χ1v) is 9.95. The molecule has 158 valence electrons. The van der Waals surface area contributed by atoms with Gasteiger partial charge in [-0.25, -0.2) is 0 Å². The van der Waals surface area contributed by atoms with Crippen molar-refractivity contribution in [3.05, 3.63) is 59.0 Å². The Morgan fingerprint density at radius 2 is 1.58 bits per heavy atom. The van der Waals surface area contributed by atoms with Crippen molar-refractivity contribution >= 4 is 52.4 Å². The van der Waals surface area contributed by atoms with Gasteiger partial charge < -0.3 is 9.47 Å². The van der Waals surface area contributed by atoms with Gasteiger partial charge in [-0.3, -0.25) is 24.1 Å². The van der Waals surface area contributed by atoms with Crippen LogP contribution in [0.25, 0.3) is 6.08 Å². The second kappa shape index (κ2) is 9.40. The van der Waals surface area contributed by atoms with Crippen LogP contribution in [0.4, 0.5) is 5.69 Å². The number of aliphatic imine (C=N–C) groups is 1. The third-order valence-corrected chi connectivity index (χ3v) is 4.90. The van der Waals surface area contributed by atoms with E-state index < -0.39 is 17.8 Å². The number of nitrogens with zero attached hydrogens (tertiary/aromatic N) is 2. The molecule has 2 amide bonds. The molecule has 0 spiro atoms. The van der Waals surface area contributed by atoms with Gasteiger partial charge in [0.25, 0.3) is 5.91 Å². The highest BCUT2D eigenvalue weighted by molar-refractivity contribution is 8.19. The van der Waals surface area contributed by atoms with E-state index in [1.54, 1.807) is 54.6 Å². The highest BCUT2D eigenvalue weighted by Gasteiger charge is 2.29. The van der Waals surface area contributed by atoms with E-state index in [4.69, 9.17) is 9.47 Å². The number of carbonyl (C=O) groups excluding carboxylic acids is 4. The molecular weight excluding hydrogens is 420 g/mol. The first-order valence-electron chi connectivity index (χ1n) is 9.14. The predicted molar refractivity (Wildman–Crippen MR) is 117 cm³/mol. The molecule has 0 aliphatic carbocycles. The van der Waals surface area contributed by atoms with Gasteiger partial charge in [-0.15, -0.1) is 0 Å². The Bertz CT molecular complexity index is 1120. The van der Waals surface area contributed by atoms with E-state index in [0.717, 1.165) is 11.8 Å². The summed E-state index contributed by atoms with van der Waals surface area (Å²) in [6.45, 7) is 3.93. The first kappa shape index (κ1) is 22.0. The van der Waals surface area contributed by atoms with E-state index in [1.165, 1.54) is 25.7 Å². The topological polar surface area (TPSA) is 102 Å². The minimum absolute atomic E-state index is 0.189. The molecule has 0 bridgehead atoms. The Morgan fingerprint density at radius 1 is 0.935 bits per heavy atom. The smallest absolute Gasteiger partial charge is 0.308 e. The van der Waals surface area contributed by atoms with Gasteiger partial charge in [-0.1, -0.05) is 18.2 Å². The molecule has 0 N–H and O–H groups in total. The van der Waals surface area contributed by atoms with Gasteiger partial charge in [0.15, 0.2) is 5.17 Å². The molecule has 1 heterocycles. The average Bonchev–Trinajstić information content (AvgIpc) is 3.03. The van der Waals surface area contributed by atoms with Gasteiger partial charge >= 0.3 is 11.9 Å². The van der Waals surface area contributed by atoms with E-state index in [2.05, 4.69) is 4.99 Å². The Hall–Kier alpha value is -3.72. The van der Waals surface area contributed by atoms with Crippen LogP contribution in [0.2, 0.25) is 0 Å². The number of para-hydroxylation sites is 1. The molecule has 1 aliphatic rings. The molecule has 2 aromatic rings. The first-order chi connectivity index (χ1) is 14.7. The number of rotatable bonds is 4. The lowest BCUT2D eigenvalue weighted by atomic mass is 10.2. The van der Waals surface area contributed by atoms with E-state index in [0.29, 0.717) is 22.7 Å². The summed E-state index contributed by atoms with van der Waals surface area (Å²) < 4.78 is 10.2. The monoisotopic (exact) mass is 438 g/mol. The van der Waals surface area contributed by atoms with Crippen molar-refractivity contribution in [2.45, 2.75) is 20.8 Å². The molecule has 0 unspecified atom stereocenters. The van der Waals surface area contributed by atoms with E-state index in [9.17, 15) is 19.2 Å². The van der Waals surface area contributed by atoms with E-state index in [1.807, 2.05) is 0 Å². The van der Waals surface area contributed by atoms with Crippen molar-refractivity contribution < 1.29 is 28.7 Å². The van der Waals surface area contributed by atoms with Crippen molar-refractivity contribution in [1.29, 1.82) is 0 Å². The molecule has 3 rings (SSSR count). The van der Waals surface area contributed by atoms with Crippen LogP contribution in [0.15, 0.2) is 58.4 Å². The predicted octanol–water partition coefficient (Wildman–Crippen LogP) is 3.56. The van der Waals surface area contributed by atoms with Crippen LogP contribution < -0.4 is 14.4 Å². The summed E-state index contributed by atoms with van der Waals surface area (Å²) >= 11 is 1.03. The lowest BCUT2D eigenvalue weighted by Gasteiger charge is -2.20. The molecule has 0 saturated carbocycles. The van der Waals surface area contributed by atoms with E-state index in [-0.39, 0.29) is 16.0 Å². The zero-order valence-corrected chi connectivity index (χ0v) is 17.8. The van der Waals surface area contributed by atoms with Crippen LogP contribution in [-0.4, -0.2) is 28.9 Å². The van der Waals surface area contributed by atoms with Gasteiger partial charge in [0.2, 0.25) is 5.91 Å². The molecule has 2 aromatic carbocycles. The third kappa shape index (κ3) is 5.46. The number of amides is 2. The van der Waals surface area contributed by atoms with Gasteiger partial charge in [-0.05, 0) is 48.2 Å². The summed E-state index contributed by atoms with van der Waals surface area (Å²) in [4.78, 5) is 52.7. The van der Waals surface area contributed by atoms with Crippen molar-refractivity contribution in [2.75, 3.05) is 4.90 Å². The quantitative estimate of drug-likeness (QED) is 0.408. The third-order valence-electron chi connectivity index (χ3n) is 3.93. The summed E-state index contributed by atoms with van der Waals surface area (Å²) in [5.41, 5.74) is 0.995. The highest BCUT2D eigenvalue weighted by atomic mass is 32.2. The lowest BCUT2D eigenvalue weighted by Crippen LogP contribution is -2.32. The van der Waals surface area contributed by atoms with Crippen LogP contribution in [0.1, 0.15) is 26.3 Å². The number of hydrogen-bond acceptors (Lipinski definition) is 7. The normalized spacial score (nSPS) is 14.2. The number of anilines is 1. The zero-order chi connectivity index (χ0) is 22.5. The molecule has 0 saturated heterocycles. The molecule has 8 nitrogen and oxygen atoms in total. The Morgan fingerprint density at radius 3 is 2.19 bits per heavy atom. The van der Waals surface area contributed by atoms with Gasteiger partial charge in [0.1, 0.15) is 11.5 Å². The summed E-state index contributed by atoms with van der Waals surface area (Å²) in [5.74, 6) is -1.15. The minimum atomic E-state index is -0.514. The fourth-order valence-corrected chi connectivity index (χ4v) is 3.71. The molecule has 1 aliphatic heterocycles. The highest BCUT2D eigenvalue weighted by Crippen LogP contribution is 2.34. The standard InChI is InChI=1S/C22H18N2O6S/c1-13(25)24(17-8-10-18(11-9-17)29-14(2)26)22-23-21(28)20(31-22)12-16-6-4-5-7-19(16)30-15(3)27/h4-12H,1-3H3/b20-12-. The zero-order valence-electron chi connectivity index (χ0n) is 16.9. The molecular formula is C22H18N2O6S. The average molecular weight is 438 g/mol. The summed E-state index contributed by atoms with van der Waals surface area (Å²) in [6.07, 6.45) is 1.56. The van der Waals surface area contributed by atoms with Crippen molar-refractivity contribution in [3.63, 3.8) is 0 Å². The van der Waals surface area contributed by atoms with Gasteiger partial charge in [0, 0.05) is 26.3 Å². The summed E-state index contributed by atoms with van der Waals surface area (Å²) in [6, 6.07) is 13.0. The van der Waals surface area contributed by atoms with Crippen LogP contribution in [-0.2, 0) is 19.2 Å². The van der Waals surface area contributed by atoms with Gasteiger partial charge in [0.05, 0.1) is 10.6 Å². The maximum atomic E-state index is 12.5. The number of hydrogen-bond donors (Lipinski definition) is 0. The number of carbonyl (C=O) groups is 4. The number of amidine groups is 1. The van der Waals surface area contributed by atoms with Gasteiger partial charge in [-0.2, -0.15) is 4.99 Å². The molecule has 0 radical (unpaired) electrons. The Kier molecular flexibility index (Phi) is 6.66. The molecule has 0 atom stereocenters. The Labute approximate surface area is 182 Å². The summed E-state index contributed by atoms with van der Waals surface area (Å²) in [5, 5.41) is 0.189. The number of benzene rings is 2. The SMILES string of the molecule is CC(=O)Oc1ccc(N(C(C)=O)C2=NC(=O)/C(=C/c3ccccc3OC(C)=O)S2)cc1. The summed E-state index contributed by atoms with van der Waals surface area (Å²) in [7, 11) is 0. The maximum Gasteiger partial charge on any atom is 0.308 e. The largest absolute Gasteiger partial charge is 0.427 e. The van der Waals surface area contributed by atoms with Crippen LogP contribution >= 0.6 is 11.8 Å².